The number of fused-ring (bicyclic) bond motifs is 1. The van der Waals surface area contributed by atoms with Gasteiger partial charge in [0.15, 0.2) is 0 Å². The number of rotatable bonds is 3. The molecule has 32 heavy (non-hydrogen) atoms. The van der Waals surface area contributed by atoms with Gasteiger partial charge in [-0.2, -0.15) is 13.2 Å². The van der Waals surface area contributed by atoms with Gasteiger partial charge in [-0.05, 0) is 48.9 Å². The van der Waals surface area contributed by atoms with Crippen molar-refractivity contribution in [3.63, 3.8) is 0 Å². The molecular formula is C24H14ClF3O4. The molecule has 4 rings (SSSR count). The fraction of sp³-hybridized carbons (Fsp3) is 0.0833. The number of alkyl halides is 3. The number of hydrogen-bond acceptors (Lipinski definition) is 4. The summed E-state index contributed by atoms with van der Waals surface area (Å²) in [6, 6.07) is 15.7. The summed E-state index contributed by atoms with van der Waals surface area (Å²) >= 11 is 5.81. The van der Waals surface area contributed by atoms with Crippen molar-refractivity contribution in [1.82, 2.24) is 0 Å². The molecule has 0 radical (unpaired) electrons. The first-order valence-electron chi connectivity index (χ1n) is 9.36. The van der Waals surface area contributed by atoms with Crippen molar-refractivity contribution in [2.75, 3.05) is 0 Å². The van der Waals surface area contributed by atoms with E-state index in [-0.39, 0.29) is 27.8 Å². The Labute approximate surface area is 184 Å². The molecule has 0 atom stereocenters. The van der Waals surface area contributed by atoms with Crippen LogP contribution in [0, 0.1) is 6.92 Å². The van der Waals surface area contributed by atoms with Crippen LogP contribution >= 0.6 is 11.6 Å². The van der Waals surface area contributed by atoms with Crippen molar-refractivity contribution in [2.24, 2.45) is 0 Å². The summed E-state index contributed by atoms with van der Waals surface area (Å²) in [7, 11) is 0. The highest BCUT2D eigenvalue weighted by Gasteiger charge is 2.39. The Morgan fingerprint density at radius 2 is 1.72 bits per heavy atom. The fourth-order valence-electron chi connectivity index (χ4n) is 3.25. The van der Waals surface area contributed by atoms with Crippen LogP contribution in [-0.2, 0) is 6.18 Å². The average molecular weight is 459 g/mol. The topological polar surface area (TPSA) is 56.5 Å². The van der Waals surface area contributed by atoms with Gasteiger partial charge in [0.05, 0.1) is 16.5 Å². The van der Waals surface area contributed by atoms with Gasteiger partial charge < -0.3 is 9.15 Å². The summed E-state index contributed by atoms with van der Waals surface area (Å²) < 4.78 is 51.6. The van der Waals surface area contributed by atoms with Crippen molar-refractivity contribution >= 4 is 28.5 Å². The summed E-state index contributed by atoms with van der Waals surface area (Å²) in [4.78, 5) is 25.3. The minimum atomic E-state index is -4.93. The lowest BCUT2D eigenvalue weighted by Crippen LogP contribution is -2.16. The van der Waals surface area contributed by atoms with Crippen LogP contribution in [0.15, 0.2) is 75.9 Å². The first-order chi connectivity index (χ1) is 15.1. The number of esters is 1. The van der Waals surface area contributed by atoms with E-state index in [1.807, 2.05) is 0 Å². The maximum absolute atomic E-state index is 13.7. The average Bonchev–Trinajstić information content (AvgIpc) is 2.73. The van der Waals surface area contributed by atoms with E-state index in [1.165, 1.54) is 36.4 Å². The molecule has 0 aliphatic heterocycles. The van der Waals surface area contributed by atoms with E-state index in [0.29, 0.717) is 5.02 Å². The Morgan fingerprint density at radius 1 is 1.00 bits per heavy atom. The third-order valence-electron chi connectivity index (χ3n) is 4.72. The van der Waals surface area contributed by atoms with E-state index in [2.05, 4.69) is 0 Å². The number of ether oxygens (including phenoxy) is 1. The van der Waals surface area contributed by atoms with Gasteiger partial charge >= 0.3 is 12.1 Å². The van der Waals surface area contributed by atoms with Crippen LogP contribution in [0.4, 0.5) is 13.2 Å². The first-order valence-corrected chi connectivity index (χ1v) is 9.74. The SMILES string of the molecule is Cc1cccc(C(=O)Oc2ccc3c(=O)c(-c4ccc(Cl)cc4)c(C(F)(F)F)oc3c2)c1. The molecule has 0 unspecified atom stereocenters. The van der Waals surface area contributed by atoms with Crippen molar-refractivity contribution < 1.29 is 27.1 Å². The number of carbonyl (C=O) groups is 1. The standard InChI is InChI=1S/C24H14ClF3O4/c1-13-3-2-4-15(11-13)23(30)31-17-9-10-18-19(12-17)32-22(24(26,27)28)20(21(18)29)14-5-7-16(25)8-6-14/h2-12H,1H3. The van der Waals surface area contributed by atoms with Crippen LogP contribution in [0.2, 0.25) is 5.02 Å². The Kier molecular flexibility index (Phi) is 5.52. The molecule has 0 spiro atoms. The highest BCUT2D eigenvalue weighted by atomic mass is 35.5. The van der Waals surface area contributed by atoms with E-state index in [1.54, 1.807) is 31.2 Å². The molecule has 4 nitrogen and oxygen atoms in total. The van der Waals surface area contributed by atoms with Gasteiger partial charge in [-0.15, -0.1) is 0 Å². The van der Waals surface area contributed by atoms with Crippen molar-refractivity contribution in [3.8, 4) is 16.9 Å². The van der Waals surface area contributed by atoms with Gasteiger partial charge in [-0.3, -0.25) is 4.79 Å². The van der Waals surface area contributed by atoms with Crippen molar-refractivity contribution in [3.05, 3.63) is 98.9 Å². The molecule has 1 heterocycles. The molecular weight excluding hydrogens is 445 g/mol. The summed E-state index contributed by atoms with van der Waals surface area (Å²) in [5.74, 6) is -2.19. The second-order valence-electron chi connectivity index (χ2n) is 7.06. The van der Waals surface area contributed by atoms with Crippen LogP contribution in [0.5, 0.6) is 5.75 Å². The monoisotopic (exact) mass is 458 g/mol. The first kappa shape index (κ1) is 21.6. The molecule has 0 aliphatic rings. The molecule has 0 fully saturated rings. The lowest BCUT2D eigenvalue weighted by Gasteiger charge is -2.13. The zero-order chi connectivity index (χ0) is 23.0. The molecule has 1 aromatic heterocycles. The van der Waals surface area contributed by atoms with Crippen LogP contribution in [-0.4, -0.2) is 5.97 Å². The van der Waals surface area contributed by atoms with Crippen LogP contribution in [0.25, 0.3) is 22.1 Å². The quantitative estimate of drug-likeness (QED) is 0.254. The zero-order valence-electron chi connectivity index (χ0n) is 16.5. The maximum Gasteiger partial charge on any atom is 0.450 e. The van der Waals surface area contributed by atoms with Crippen LogP contribution in [0.3, 0.4) is 0 Å². The van der Waals surface area contributed by atoms with Crippen LogP contribution < -0.4 is 10.2 Å². The van der Waals surface area contributed by atoms with Gasteiger partial charge in [0.2, 0.25) is 11.2 Å². The van der Waals surface area contributed by atoms with E-state index in [4.69, 9.17) is 20.8 Å². The van der Waals surface area contributed by atoms with Crippen LogP contribution in [0.1, 0.15) is 21.7 Å². The summed E-state index contributed by atoms with van der Waals surface area (Å²) in [5, 5.41) is 0.228. The molecule has 3 aromatic carbocycles. The van der Waals surface area contributed by atoms with Gasteiger partial charge in [0.1, 0.15) is 11.3 Å². The van der Waals surface area contributed by atoms with E-state index >= 15 is 0 Å². The van der Waals surface area contributed by atoms with Gasteiger partial charge in [-0.25, -0.2) is 4.79 Å². The molecule has 0 saturated heterocycles. The maximum atomic E-state index is 13.7. The van der Waals surface area contributed by atoms with Gasteiger partial charge in [0, 0.05) is 11.1 Å². The largest absolute Gasteiger partial charge is 0.450 e. The predicted molar refractivity (Wildman–Crippen MR) is 114 cm³/mol. The smallest absolute Gasteiger partial charge is 0.450 e. The third-order valence-corrected chi connectivity index (χ3v) is 4.97. The Morgan fingerprint density at radius 3 is 2.38 bits per heavy atom. The second-order valence-corrected chi connectivity index (χ2v) is 7.49. The molecule has 0 bridgehead atoms. The predicted octanol–water partition coefficient (Wildman–Crippen LogP) is 6.66. The van der Waals surface area contributed by atoms with E-state index in [9.17, 15) is 22.8 Å². The zero-order valence-corrected chi connectivity index (χ0v) is 17.3. The van der Waals surface area contributed by atoms with Gasteiger partial charge in [0.25, 0.3) is 0 Å². The Hall–Kier alpha value is -3.58. The van der Waals surface area contributed by atoms with Crippen molar-refractivity contribution in [2.45, 2.75) is 13.1 Å². The van der Waals surface area contributed by atoms with E-state index in [0.717, 1.165) is 11.6 Å². The Bertz CT molecular complexity index is 1390. The second kappa shape index (κ2) is 8.16. The molecule has 4 aromatic rings. The third kappa shape index (κ3) is 4.24. The number of carbonyl (C=O) groups excluding carboxylic acids is 1. The van der Waals surface area contributed by atoms with E-state index < -0.39 is 28.9 Å². The lowest BCUT2D eigenvalue weighted by atomic mass is 10.0. The number of hydrogen-bond donors (Lipinski definition) is 0. The molecule has 0 saturated carbocycles. The summed E-state index contributed by atoms with van der Waals surface area (Å²) in [6.45, 7) is 1.80. The minimum absolute atomic E-state index is 0.0207. The number of halogens is 4. The molecule has 0 amide bonds. The lowest BCUT2D eigenvalue weighted by molar-refractivity contribution is -0.152. The molecule has 0 aliphatic carbocycles. The highest BCUT2D eigenvalue weighted by molar-refractivity contribution is 6.30. The Balaban J connectivity index is 1.82. The fourth-order valence-corrected chi connectivity index (χ4v) is 3.38. The minimum Gasteiger partial charge on any atom is -0.450 e. The normalized spacial score (nSPS) is 11.5. The summed E-state index contributed by atoms with van der Waals surface area (Å²) in [6.07, 6.45) is -4.93. The molecule has 162 valence electrons. The van der Waals surface area contributed by atoms with Gasteiger partial charge in [-0.1, -0.05) is 41.4 Å². The number of benzene rings is 3. The molecule has 0 N–H and O–H groups in total. The van der Waals surface area contributed by atoms with Crippen molar-refractivity contribution in [1.29, 1.82) is 0 Å². The number of aryl methyl sites for hydroxylation is 1. The molecule has 8 heteroatoms. The highest BCUT2D eigenvalue weighted by Crippen LogP contribution is 2.38. The summed E-state index contributed by atoms with van der Waals surface area (Å²) in [5.41, 5.74) is -0.695.